The molecule has 0 atom stereocenters. The number of Topliss-reactive ketones (excluding diaryl/α,β-unsaturated/α-hetero) is 1. The summed E-state index contributed by atoms with van der Waals surface area (Å²) in [5.41, 5.74) is 4.73. The van der Waals surface area contributed by atoms with Crippen molar-refractivity contribution in [3.63, 3.8) is 0 Å². The minimum Gasteiger partial charge on any atom is -0.497 e. The molecule has 0 aliphatic carbocycles. The topological polar surface area (TPSA) is 70.8 Å². The Labute approximate surface area is 173 Å². The van der Waals surface area contributed by atoms with Crippen LogP contribution in [0.25, 0.3) is 33.6 Å². The van der Waals surface area contributed by atoms with Crippen LogP contribution in [0.15, 0.2) is 79.0 Å². The number of benzene rings is 3. The molecule has 5 aromatic rings. The van der Waals surface area contributed by atoms with E-state index in [4.69, 9.17) is 4.74 Å². The number of para-hydroxylation sites is 3. The van der Waals surface area contributed by atoms with Crippen LogP contribution in [-0.2, 0) is 0 Å². The van der Waals surface area contributed by atoms with Crippen molar-refractivity contribution in [1.82, 2.24) is 15.0 Å². The number of ether oxygens (including phenoxy) is 1. The van der Waals surface area contributed by atoms with Crippen LogP contribution >= 0.6 is 0 Å². The van der Waals surface area contributed by atoms with Crippen LogP contribution in [-0.4, -0.2) is 27.8 Å². The van der Waals surface area contributed by atoms with E-state index in [9.17, 15) is 4.79 Å². The SMILES string of the molecule is COc1ccc(C(=O)/C(=C\c2c[nH]c3ccccc23)c2nc3ccccc3[nH]2)cc1. The van der Waals surface area contributed by atoms with Gasteiger partial charge >= 0.3 is 0 Å². The number of imidazole rings is 1. The quantitative estimate of drug-likeness (QED) is 0.307. The van der Waals surface area contributed by atoms with Gasteiger partial charge in [0.1, 0.15) is 11.6 Å². The predicted octanol–water partition coefficient (Wildman–Crippen LogP) is 5.48. The number of ketones is 1. The van der Waals surface area contributed by atoms with Crippen molar-refractivity contribution in [2.45, 2.75) is 0 Å². The van der Waals surface area contributed by atoms with Gasteiger partial charge in [0.2, 0.25) is 0 Å². The Kier molecular flexibility index (Phi) is 4.41. The standard InChI is InChI=1S/C25H19N3O2/c1-30-18-12-10-16(11-13-18)24(29)20(25-27-22-8-4-5-9-23(22)28-25)14-17-15-26-21-7-3-2-6-19(17)21/h2-15,26H,1H3,(H,27,28)/b20-14+. The highest BCUT2D eigenvalue weighted by Gasteiger charge is 2.19. The van der Waals surface area contributed by atoms with Crippen molar-refractivity contribution in [3.8, 4) is 5.75 Å². The van der Waals surface area contributed by atoms with Gasteiger partial charge in [-0.05, 0) is 48.5 Å². The lowest BCUT2D eigenvalue weighted by Gasteiger charge is -2.06. The summed E-state index contributed by atoms with van der Waals surface area (Å²) in [6.45, 7) is 0. The average molecular weight is 393 g/mol. The third-order valence-electron chi connectivity index (χ3n) is 5.16. The maximum Gasteiger partial charge on any atom is 0.196 e. The zero-order chi connectivity index (χ0) is 20.5. The molecule has 0 unspecified atom stereocenters. The number of hydrogen-bond acceptors (Lipinski definition) is 3. The van der Waals surface area contributed by atoms with Gasteiger partial charge in [0.25, 0.3) is 0 Å². The Morgan fingerprint density at radius 1 is 0.933 bits per heavy atom. The summed E-state index contributed by atoms with van der Waals surface area (Å²) < 4.78 is 5.22. The van der Waals surface area contributed by atoms with E-state index < -0.39 is 0 Å². The molecule has 2 heterocycles. The molecule has 146 valence electrons. The van der Waals surface area contributed by atoms with Gasteiger partial charge in [0.15, 0.2) is 5.78 Å². The van der Waals surface area contributed by atoms with Crippen molar-refractivity contribution in [3.05, 3.63) is 95.9 Å². The lowest BCUT2D eigenvalue weighted by Crippen LogP contribution is -2.04. The summed E-state index contributed by atoms with van der Waals surface area (Å²) in [5, 5.41) is 1.05. The number of aromatic amines is 2. The largest absolute Gasteiger partial charge is 0.497 e. The van der Waals surface area contributed by atoms with E-state index in [-0.39, 0.29) is 5.78 Å². The number of fused-ring (bicyclic) bond motifs is 2. The molecule has 0 radical (unpaired) electrons. The summed E-state index contributed by atoms with van der Waals surface area (Å²) in [4.78, 5) is 24.7. The monoisotopic (exact) mass is 393 g/mol. The Morgan fingerprint density at radius 3 is 2.43 bits per heavy atom. The molecule has 0 bridgehead atoms. The summed E-state index contributed by atoms with van der Waals surface area (Å²) in [6, 6.07) is 22.9. The predicted molar refractivity (Wildman–Crippen MR) is 120 cm³/mol. The van der Waals surface area contributed by atoms with Gasteiger partial charge in [-0.3, -0.25) is 4.79 Å². The molecule has 5 heteroatoms. The maximum atomic E-state index is 13.5. The third kappa shape index (κ3) is 3.16. The molecule has 2 N–H and O–H groups in total. The van der Waals surface area contributed by atoms with E-state index in [1.54, 1.807) is 31.4 Å². The average Bonchev–Trinajstić information content (AvgIpc) is 3.41. The molecule has 0 fully saturated rings. The maximum absolute atomic E-state index is 13.5. The van der Waals surface area contributed by atoms with E-state index in [2.05, 4.69) is 15.0 Å². The van der Waals surface area contributed by atoms with Gasteiger partial charge in [0, 0.05) is 28.2 Å². The van der Waals surface area contributed by atoms with E-state index in [0.717, 1.165) is 27.5 Å². The van der Waals surface area contributed by atoms with Crippen molar-refractivity contribution >= 4 is 39.4 Å². The van der Waals surface area contributed by atoms with Gasteiger partial charge in [0.05, 0.1) is 23.7 Å². The zero-order valence-electron chi connectivity index (χ0n) is 16.3. The molecule has 0 aliphatic heterocycles. The first-order chi connectivity index (χ1) is 14.7. The molecule has 0 amide bonds. The molecule has 0 aliphatic rings. The molecule has 2 aromatic heterocycles. The molecule has 5 nitrogen and oxygen atoms in total. The molecular weight excluding hydrogens is 374 g/mol. The summed E-state index contributed by atoms with van der Waals surface area (Å²) in [5.74, 6) is 1.14. The Balaban J connectivity index is 1.67. The number of carbonyl (C=O) groups is 1. The minimum atomic E-state index is -0.109. The fourth-order valence-electron chi connectivity index (χ4n) is 3.59. The van der Waals surface area contributed by atoms with Crippen molar-refractivity contribution in [1.29, 1.82) is 0 Å². The molecule has 0 saturated heterocycles. The summed E-state index contributed by atoms with van der Waals surface area (Å²) in [6.07, 6.45) is 3.80. The van der Waals surface area contributed by atoms with Crippen molar-refractivity contribution in [2.75, 3.05) is 7.11 Å². The van der Waals surface area contributed by atoms with E-state index in [1.807, 2.05) is 60.8 Å². The van der Waals surface area contributed by atoms with Gasteiger partial charge in [-0.1, -0.05) is 30.3 Å². The highest BCUT2D eigenvalue weighted by molar-refractivity contribution is 6.32. The first kappa shape index (κ1) is 17.9. The van der Waals surface area contributed by atoms with Crippen molar-refractivity contribution < 1.29 is 9.53 Å². The second kappa shape index (κ2) is 7.37. The number of allylic oxidation sites excluding steroid dienone is 1. The fraction of sp³-hybridized carbons (Fsp3) is 0.0400. The van der Waals surface area contributed by atoms with E-state index >= 15 is 0 Å². The van der Waals surface area contributed by atoms with Gasteiger partial charge in [-0.2, -0.15) is 0 Å². The van der Waals surface area contributed by atoms with Crippen LogP contribution in [0.4, 0.5) is 0 Å². The van der Waals surface area contributed by atoms with Gasteiger partial charge in [-0.25, -0.2) is 4.98 Å². The highest BCUT2D eigenvalue weighted by atomic mass is 16.5. The van der Waals surface area contributed by atoms with Gasteiger partial charge in [-0.15, -0.1) is 0 Å². The normalized spacial score (nSPS) is 11.8. The Bertz CT molecular complexity index is 1360. The van der Waals surface area contributed by atoms with Crippen LogP contribution < -0.4 is 4.74 Å². The summed E-state index contributed by atoms with van der Waals surface area (Å²) >= 11 is 0. The lowest BCUT2D eigenvalue weighted by molar-refractivity contribution is 0.105. The molecule has 30 heavy (non-hydrogen) atoms. The zero-order valence-corrected chi connectivity index (χ0v) is 16.3. The first-order valence-corrected chi connectivity index (χ1v) is 9.64. The number of nitrogens with zero attached hydrogens (tertiary/aromatic N) is 1. The van der Waals surface area contributed by atoms with E-state index in [0.29, 0.717) is 22.7 Å². The van der Waals surface area contributed by atoms with E-state index in [1.165, 1.54) is 0 Å². The highest BCUT2D eigenvalue weighted by Crippen LogP contribution is 2.27. The summed E-state index contributed by atoms with van der Waals surface area (Å²) in [7, 11) is 1.60. The van der Waals surface area contributed by atoms with Crippen molar-refractivity contribution in [2.24, 2.45) is 0 Å². The van der Waals surface area contributed by atoms with Crippen LogP contribution in [0.1, 0.15) is 21.7 Å². The third-order valence-corrected chi connectivity index (χ3v) is 5.16. The Hall–Kier alpha value is -4.12. The van der Waals surface area contributed by atoms with Crippen LogP contribution in [0.3, 0.4) is 0 Å². The van der Waals surface area contributed by atoms with Crippen LogP contribution in [0.2, 0.25) is 0 Å². The number of methoxy groups -OCH3 is 1. The number of carbonyl (C=O) groups excluding carboxylic acids is 1. The van der Waals surface area contributed by atoms with Crippen LogP contribution in [0.5, 0.6) is 5.75 Å². The number of rotatable bonds is 5. The lowest BCUT2D eigenvalue weighted by atomic mass is 10.00. The number of hydrogen-bond donors (Lipinski definition) is 2. The molecule has 5 rings (SSSR count). The van der Waals surface area contributed by atoms with Crippen LogP contribution in [0, 0.1) is 0 Å². The number of nitrogens with one attached hydrogen (secondary N) is 2. The molecule has 0 spiro atoms. The molecule has 3 aromatic carbocycles. The first-order valence-electron chi connectivity index (χ1n) is 9.64. The number of H-pyrrole nitrogens is 2. The molecular formula is C25H19N3O2. The minimum absolute atomic E-state index is 0.109. The van der Waals surface area contributed by atoms with Gasteiger partial charge < -0.3 is 14.7 Å². The number of aromatic nitrogens is 3. The smallest absolute Gasteiger partial charge is 0.196 e. The second-order valence-electron chi connectivity index (χ2n) is 7.01. The fourth-order valence-corrected chi connectivity index (χ4v) is 3.59. The Morgan fingerprint density at radius 2 is 1.67 bits per heavy atom. The molecule has 0 saturated carbocycles. The second-order valence-corrected chi connectivity index (χ2v) is 7.01.